The van der Waals surface area contributed by atoms with Gasteiger partial charge >= 0.3 is 5.97 Å². The van der Waals surface area contributed by atoms with E-state index in [1.54, 1.807) is 18.5 Å². The average Bonchev–Trinajstić information content (AvgIpc) is 2.85. The van der Waals surface area contributed by atoms with Crippen molar-refractivity contribution in [3.63, 3.8) is 0 Å². The molecule has 6 nitrogen and oxygen atoms in total. The van der Waals surface area contributed by atoms with Gasteiger partial charge in [0.25, 0.3) is 5.56 Å². The summed E-state index contributed by atoms with van der Waals surface area (Å²) in [5, 5.41) is 1.10. The first-order chi connectivity index (χ1) is 15.6. The van der Waals surface area contributed by atoms with Crippen LogP contribution in [0.25, 0.3) is 10.8 Å². The van der Waals surface area contributed by atoms with Gasteiger partial charge in [-0.25, -0.2) is 4.79 Å². The molecule has 4 aromatic rings. The Labute approximate surface area is 186 Å². The van der Waals surface area contributed by atoms with Crippen molar-refractivity contribution >= 4 is 16.7 Å². The summed E-state index contributed by atoms with van der Waals surface area (Å²) in [6.45, 7) is 2.49. The Morgan fingerprint density at radius 3 is 2.38 bits per heavy atom. The molecule has 0 aliphatic rings. The van der Waals surface area contributed by atoms with Crippen LogP contribution in [0.4, 0.5) is 0 Å². The third-order valence-electron chi connectivity index (χ3n) is 5.39. The molecule has 0 aliphatic heterocycles. The highest BCUT2D eigenvalue weighted by Gasteiger charge is 2.25. The SMILES string of the molecule is CCc1ccc2c(=O)n(Cc3ccccc3)c(C(=O)OC)c(OCc3ccncc3)c2c1. The minimum atomic E-state index is -0.619. The van der Waals surface area contributed by atoms with Crippen molar-refractivity contribution in [2.45, 2.75) is 26.5 Å². The van der Waals surface area contributed by atoms with Crippen molar-refractivity contribution < 1.29 is 14.3 Å². The number of methoxy groups -OCH3 is 1. The van der Waals surface area contributed by atoms with E-state index >= 15 is 0 Å². The Kier molecular flexibility index (Phi) is 6.31. The number of aromatic nitrogens is 2. The quantitative estimate of drug-likeness (QED) is 0.409. The maximum Gasteiger partial charge on any atom is 0.358 e. The van der Waals surface area contributed by atoms with Gasteiger partial charge in [0.05, 0.1) is 19.0 Å². The van der Waals surface area contributed by atoms with Crippen molar-refractivity contribution in [3.05, 3.63) is 106 Å². The molecule has 6 heteroatoms. The van der Waals surface area contributed by atoms with Gasteiger partial charge in [-0.05, 0) is 47.4 Å². The molecule has 2 aromatic carbocycles. The zero-order chi connectivity index (χ0) is 22.5. The molecular formula is C26H24N2O4. The van der Waals surface area contributed by atoms with E-state index in [9.17, 15) is 9.59 Å². The Balaban J connectivity index is 1.95. The number of nitrogens with zero attached hydrogens (tertiary/aromatic N) is 2. The van der Waals surface area contributed by atoms with Crippen molar-refractivity contribution in [1.82, 2.24) is 9.55 Å². The standard InChI is InChI=1S/C26H24N2O4/c1-3-18-9-10-21-22(15-18)24(32-17-20-11-13-27-14-12-20)23(26(30)31-2)28(25(21)29)16-19-7-5-4-6-8-19/h4-15H,3,16-17H2,1-2H3. The molecule has 0 unspecified atom stereocenters. The van der Waals surface area contributed by atoms with Gasteiger partial charge in [-0.2, -0.15) is 0 Å². The highest BCUT2D eigenvalue weighted by atomic mass is 16.5. The maximum absolute atomic E-state index is 13.5. The molecule has 0 saturated heterocycles. The van der Waals surface area contributed by atoms with Crippen molar-refractivity contribution in [2.24, 2.45) is 0 Å². The highest BCUT2D eigenvalue weighted by Crippen LogP contribution is 2.31. The monoisotopic (exact) mass is 428 g/mol. The average molecular weight is 428 g/mol. The van der Waals surface area contributed by atoms with Crippen LogP contribution in [0, 0.1) is 0 Å². The molecule has 0 N–H and O–H groups in total. The minimum Gasteiger partial charge on any atom is -0.486 e. The first-order valence-electron chi connectivity index (χ1n) is 10.5. The molecule has 0 radical (unpaired) electrons. The van der Waals surface area contributed by atoms with E-state index in [2.05, 4.69) is 4.98 Å². The fourth-order valence-corrected chi connectivity index (χ4v) is 3.68. The van der Waals surface area contributed by atoms with E-state index in [4.69, 9.17) is 9.47 Å². The molecule has 0 fully saturated rings. The number of carbonyl (C=O) groups is 1. The number of aryl methyl sites for hydroxylation is 1. The molecule has 162 valence electrons. The number of esters is 1. The number of hydrogen-bond donors (Lipinski definition) is 0. The lowest BCUT2D eigenvalue weighted by Gasteiger charge is -2.19. The molecule has 0 aliphatic carbocycles. The van der Waals surface area contributed by atoms with E-state index in [0.717, 1.165) is 23.1 Å². The predicted molar refractivity (Wildman–Crippen MR) is 123 cm³/mol. The van der Waals surface area contributed by atoms with Crippen LogP contribution in [0.2, 0.25) is 0 Å². The van der Waals surface area contributed by atoms with Gasteiger partial charge in [-0.1, -0.05) is 43.3 Å². The number of benzene rings is 2. The fourth-order valence-electron chi connectivity index (χ4n) is 3.68. The van der Waals surface area contributed by atoms with Crippen LogP contribution in [0.1, 0.15) is 34.1 Å². The van der Waals surface area contributed by atoms with Crippen LogP contribution in [0.3, 0.4) is 0 Å². The van der Waals surface area contributed by atoms with E-state index < -0.39 is 5.97 Å². The number of ether oxygens (including phenoxy) is 2. The van der Waals surface area contributed by atoms with Gasteiger partial charge in [0.1, 0.15) is 6.61 Å². The van der Waals surface area contributed by atoms with Crippen molar-refractivity contribution in [3.8, 4) is 5.75 Å². The van der Waals surface area contributed by atoms with Crippen LogP contribution in [0.15, 0.2) is 77.9 Å². The summed E-state index contributed by atoms with van der Waals surface area (Å²) in [6.07, 6.45) is 4.16. The normalized spacial score (nSPS) is 10.8. The third-order valence-corrected chi connectivity index (χ3v) is 5.39. The third kappa shape index (κ3) is 4.25. The number of fused-ring (bicyclic) bond motifs is 1. The van der Waals surface area contributed by atoms with Crippen LogP contribution in [-0.2, 0) is 24.3 Å². The van der Waals surface area contributed by atoms with Gasteiger partial charge in [-0.15, -0.1) is 0 Å². The van der Waals surface area contributed by atoms with Gasteiger partial charge in [0.2, 0.25) is 0 Å². The minimum absolute atomic E-state index is 0.108. The highest BCUT2D eigenvalue weighted by molar-refractivity contribution is 5.99. The summed E-state index contributed by atoms with van der Waals surface area (Å²) in [7, 11) is 1.30. The Morgan fingerprint density at radius 2 is 1.69 bits per heavy atom. The van der Waals surface area contributed by atoms with Crippen LogP contribution >= 0.6 is 0 Å². The van der Waals surface area contributed by atoms with E-state index in [-0.39, 0.29) is 24.4 Å². The lowest BCUT2D eigenvalue weighted by molar-refractivity contribution is 0.0581. The molecule has 4 rings (SSSR count). The second-order valence-corrected chi connectivity index (χ2v) is 7.42. The molecular weight excluding hydrogens is 404 g/mol. The Bertz CT molecular complexity index is 1300. The maximum atomic E-state index is 13.5. The van der Waals surface area contributed by atoms with Crippen LogP contribution in [0.5, 0.6) is 5.75 Å². The molecule has 0 amide bonds. The molecule has 0 spiro atoms. The smallest absolute Gasteiger partial charge is 0.358 e. The molecule has 0 saturated carbocycles. The number of rotatable bonds is 7. The Morgan fingerprint density at radius 1 is 0.938 bits per heavy atom. The van der Waals surface area contributed by atoms with Gasteiger partial charge in [0.15, 0.2) is 11.4 Å². The topological polar surface area (TPSA) is 70.4 Å². The van der Waals surface area contributed by atoms with Gasteiger partial charge < -0.3 is 9.47 Å². The Hall–Kier alpha value is -3.93. The number of carbonyl (C=O) groups excluding carboxylic acids is 1. The summed E-state index contributed by atoms with van der Waals surface area (Å²) in [5.41, 5.74) is 2.68. The van der Waals surface area contributed by atoms with Gasteiger partial charge in [0, 0.05) is 17.8 Å². The lowest BCUT2D eigenvalue weighted by Crippen LogP contribution is -2.28. The molecule has 0 atom stereocenters. The van der Waals surface area contributed by atoms with Crippen molar-refractivity contribution in [1.29, 1.82) is 0 Å². The molecule has 2 aromatic heterocycles. The largest absolute Gasteiger partial charge is 0.486 e. The molecule has 2 heterocycles. The van der Waals surface area contributed by atoms with E-state index in [0.29, 0.717) is 16.5 Å². The van der Waals surface area contributed by atoms with E-state index in [1.807, 2.05) is 61.5 Å². The zero-order valence-corrected chi connectivity index (χ0v) is 18.1. The summed E-state index contributed by atoms with van der Waals surface area (Å²) < 4.78 is 12.7. The first kappa shape index (κ1) is 21.3. The van der Waals surface area contributed by atoms with Crippen molar-refractivity contribution in [2.75, 3.05) is 7.11 Å². The number of pyridine rings is 2. The zero-order valence-electron chi connectivity index (χ0n) is 18.1. The number of hydrogen-bond acceptors (Lipinski definition) is 5. The summed E-state index contributed by atoms with van der Waals surface area (Å²) in [6, 6.07) is 18.9. The molecule has 0 bridgehead atoms. The van der Waals surface area contributed by atoms with Crippen LogP contribution < -0.4 is 10.3 Å². The second-order valence-electron chi connectivity index (χ2n) is 7.42. The molecule has 32 heavy (non-hydrogen) atoms. The van der Waals surface area contributed by atoms with Crippen LogP contribution in [-0.4, -0.2) is 22.6 Å². The summed E-state index contributed by atoms with van der Waals surface area (Å²) >= 11 is 0. The second kappa shape index (κ2) is 9.47. The first-order valence-corrected chi connectivity index (χ1v) is 10.5. The fraction of sp³-hybridized carbons (Fsp3) is 0.192. The van der Waals surface area contributed by atoms with E-state index in [1.165, 1.54) is 11.7 Å². The summed E-state index contributed by atoms with van der Waals surface area (Å²) in [4.78, 5) is 30.5. The lowest BCUT2D eigenvalue weighted by atomic mass is 10.0. The predicted octanol–water partition coefficient (Wildman–Crippen LogP) is 4.37. The van der Waals surface area contributed by atoms with Gasteiger partial charge in [-0.3, -0.25) is 14.3 Å². The summed E-state index contributed by atoms with van der Waals surface area (Å²) in [5.74, 6) is -0.277.